The fourth-order valence-corrected chi connectivity index (χ4v) is 3.08. The minimum atomic E-state index is -2.61. The van der Waals surface area contributed by atoms with Gasteiger partial charge in [-0.15, -0.1) is 0 Å². The lowest BCUT2D eigenvalue weighted by Crippen LogP contribution is -2.19. The molecule has 5 nitrogen and oxygen atoms in total. The molecule has 2 heterocycles. The quantitative estimate of drug-likeness (QED) is 0.609. The van der Waals surface area contributed by atoms with Gasteiger partial charge in [-0.05, 0) is 30.3 Å². The first-order valence-corrected chi connectivity index (χ1v) is 7.63. The molecule has 0 radical (unpaired) electrons. The number of imidazole rings is 1. The van der Waals surface area contributed by atoms with Gasteiger partial charge in [0.1, 0.15) is 12.4 Å². The van der Waals surface area contributed by atoms with Crippen molar-refractivity contribution in [3.05, 3.63) is 69.7 Å². The minimum Gasteiger partial charge on any atom is -0.388 e. The molecule has 0 unspecified atom stereocenters. The highest BCUT2D eigenvalue weighted by molar-refractivity contribution is 6.31. The fraction of sp³-hybridized carbons (Fsp3) is 0.111. The summed E-state index contributed by atoms with van der Waals surface area (Å²) in [6.07, 6.45) is 0. The summed E-state index contributed by atoms with van der Waals surface area (Å²) in [5.74, 6) is -0.0934. The van der Waals surface area contributed by atoms with Crippen LogP contribution in [0.1, 0.15) is 9.94 Å². The van der Waals surface area contributed by atoms with E-state index in [4.69, 9.17) is 15.7 Å². The van der Waals surface area contributed by atoms with Crippen molar-refractivity contribution in [2.45, 2.75) is 6.61 Å². The van der Waals surface area contributed by atoms with Crippen LogP contribution in [-0.2, 0) is 13.6 Å². The molecule has 0 atom stereocenters. The summed E-state index contributed by atoms with van der Waals surface area (Å²) >= 11 is 6.15. The molecule has 0 spiro atoms. The third kappa shape index (κ3) is 2.06. The van der Waals surface area contributed by atoms with Crippen LogP contribution in [0.25, 0.3) is 27.6 Å². The maximum Gasteiger partial charge on any atom is 0.283 e. The summed E-state index contributed by atoms with van der Waals surface area (Å²) in [5.41, 5.74) is 0.715. The van der Waals surface area contributed by atoms with Gasteiger partial charge in [0, 0.05) is 27.2 Å². The summed E-state index contributed by atoms with van der Waals surface area (Å²) in [7, 11) is 0. The molecule has 0 saturated carbocycles. The predicted octanol–water partition coefficient (Wildman–Crippen LogP) is 3.02. The molecule has 2 aromatic heterocycles. The Balaban J connectivity index is 2.29. The van der Waals surface area contributed by atoms with Crippen molar-refractivity contribution in [2.75, 3.05) is 0 Å². The lowest BCUT2D eigenvalue weighted by molar-refractivity contribution is 0.268. The minimum absolute atomic E-state index is 0.0196. The molecule has 0 saturated heterocycles. The van der Waals surface area contributed by atoms with E-state index in [9.17, 15) is 9.90 Å². The van der Waals surface area contributed by atoms with Crippen molar-refractivity contribution in [2.24, 2.45) is 6.98 Å². The number of aromatic nitrogens is 3. The monoisotopic (exact) mass is 342 g/mol. The average Bonchev–Trinajstić information content (AvgIpc) is 3.03. The van der Waals surface area contributed by atoms with Gasteiger partial charge in [0.15, 0.2) is 5.52 Å². The molecule has 2 aromatic carbocycles. The zero-order valence-corrected chi connectivity index (χ0v) is 13.2. The fourth-order valence-electron chi connectivity index (χ4n) is 2.91. The smallest absolute Gasteiger partial charge is 0.283 e. The van der Waals surface area contributed by atoms with Crippen molar-refractivity contribution < 1.29 is 9.22 Å². The number of hydrogen-bond acceptors (Lipinski definition) is 3. The van der Waals surface area contributed by atoms with Crippen LogP contribution in [0.2, 0.25) is 5.02 Å². The van der Waals surface area contributed by atoms with Crippen LogP contribution >= 0.6 is 11.6 Å². The number of hydrogen-bond donors (Lipinski definition) is 1. The summed E-state index contributed by atoms with van der Waals surface area (Å²) in [6.45, 7) is -3.21. The summed E-state index contributed by atoms with van der Waals surface area (Å²) in [5, 5.41) is 10.5. The van der Waals surface area contributed by atoms with Gasteiger partial charge >= 0.3 is 0 Å². The van der Waals surface area contributed by atoms with E-state index in [1.807, 2.05) is 6.07 Å². The summed E-state index contributed by atoms with van der Waals surface area (Å²) < 4.78 is 25.9. The molecule has 1 N–H and O–H groups in total. The zero-order valence-electron chi connectivity index (χ0n) is 15.4. The molecule has 24 heavy (non-hydrogen) atoms. The Morgan fingerprint density at radius 2 is 2.04 bits per heavy atom. The molecule has 0 aliphatic rings. The first-order valence-electron chi connectivity index (χ1n) is 8.75. The molecule has 0 bridgehead atoms. The second-order valence-electron chi connectivity index (χ2n) is 5.36. The number of halogens is 1. The van der Waals surface area contributed by atoms with Crippen molar-refractivity contribution >= 4 is 33.5 Å². The Morgan fingerprint density at radius 1 is 1.25 bits per heavy atom. The van der Waals surface area contributed by atoms with Gasteiger partial charge in [-0.2, -0.15) is 0 Å². The highest BCUT2D eigenvalue weighted by Gasteiger charge is 2.18. The highest BCUT2D eigenvalue weighted by Crippen LogP contribution is 2.27. The van der Waals surface area contributed by atoms with Crippen molar-refractivity contribution in [3.63, 3.8) is 0 Å². The van der Waals surface area contributed by atoms with E-state index in [0.29, 0.717) is 21.6 Å². The van der Waals surface area contributed by atoms with E-state index in [2.05, 4.69) is 4.98 Å². The highest BCUT2D eigenvalue weighted by atomic mass is 35.5. The largest absolute Gasteiger partial charge is 0.388 e. The van der Waals surface area contributed by atoms with E-state index >= 15 is 0 Å². The van der Waals surface area contributed by atoms with Crippen molar-refractivity contribution in [3.8, 4) is 5.69 Å². The molecule has 4 rings (SSSR count). The summed E-state index contributed by atoms with van der Waals surface area (Å²) in [4.78, 5) is 17.4. The number of rotatable bonds is 2. The van der Waals surface area contributed by atoms with Crippen LogP contribution in [0, 0.1) is 0 Å². The molecule has 120 valence electrons. The lowest BCUT2D eigenvalue weighted by atomic mass is 10.1. The second kappa shape index (κ2) is 5.47. The first kappa shape index (κ1) is 11.8. The molecular formula is C18H14ClN3O2. The van der Waals surface area contributed by atoms with E-state index in [1.165, 1.54) is 4.57 Å². The SMILES string of the molecule is [2H]C([2H])([2H])n1c(CO)nc2c(=O)n(-c3ccccc3)c3cc(Cl)ccc3c21. The third-order valence-corrected chi connectivity index (χ3v) is 4.20. The Morgan fingerprint density at radius 3 is 2.75 bits per heavy atom. The van der Waals surface area contributed by atoms with Crippen molar-refractivity contribution in [1.82, 2.24) is 14.1 Å². The topological polar surface area (TPSA) is 60.0 Å². The van der Waals surface area contributed by atoms with E-state index in [-0.39, 0.29) is 16.9 Å². The Kier molecular flexibility index (Phi) is 2.70. The molecule has 0 amide bonds. The second-order valence-corrected chi connectivity index (χ2v) is 5.79. The van der Waals surface area contributed by atoms with E-state index in [0.717, 1.165) is 4.57 Å². The van der Waals surface area contributed by atoms with Gasteiger partial charge in [-0.25, -0.2) is 4.98 Å². The molecular weight excluding hydrogens is 326 g/mol. The molecule has 4 aromatic rings. The Labute approximate surface area is 146 Å². The van der Waals surface area contributed by atoms with Gasteiger partial charge in [-0.3, -0.25) is 9.36 Å². The van der Waals surface area contributed by atoms with Crippen LogP contribution < -0.4 is 5.56 Å². The maximum absolute atomic E-state index is 13.2. The Hall–Kier alpha value is -2.63. The van der Waals surface area contributed by atoms with Crippen LogP contribution in [0.3, 0.4) is 0 Å². The van der Waals surface area contributed by atoms with Gasteiger partial charge in [0.05, 0.1) is 11.0 Å². The zero-order chi connectivity index (χ0) is 19.3. The number of nitrogens with zero attached hydrogens (tertiary/aromatic N) is 3. The number of benzene rings is 2. The standard InChI is InChI=1S/C18H14ClN3O2/c1-21-15(10-23)20-16-17(21)13-8-7-11(19)9-14(13)22(18(16)24)12-5-3-2-4-6-12/h2-9,23H,10H2,1H3/i1D3. The Bertz CT molecular complexity index is 1230. The maximum atomic E-state index is 13.2. The van der Waals surface area contributed by atoms with Crippen LogP contribution in [0.5, 0.6) is 0 Å². The molecule has 6 heteroatoms. The molecule has 0 fully saturated rings. The first-order chi connectivity index (χ1) is 12.8. The molecule has 0 aliphatic heterocycles. The number of fused-ring (bicyclic) bond motifs is 3. The summed E-state index contributed by atoms with van der Waals surface area (Å²) in [6, 6.07) is 13.8. The van der Waals surface area contributed by atoms with Gasteiger partial charge in [0.2, 0.25) is 0 Å². The van der Waals surface area contributed by atoms with Gasteiger partial charge in [-0.1, -0.05) is 29.8 Å². The van der Waals surface area contributed by atoms with Crippen molar-refractivity contribution in [1.29, 1.82) is 0 Å². The number of pyridine rings is 1. The predicted molar refractivity (Wildman–Crippen MR) is 94.7 cm³/mol. The molecule has 0 aliphatic carbocycles. The van der Waals surface area contributed by atoms with Crippen LogP contribution in [0.15, 0.2) is 53.3 Å². The average molecular weight is 343 g/mol. The van der Waals surface area contributed by atoms with Gasteiger partial charge in [0.25, 0.3) is 5.56 Å². The normalized spacial score (nSPS) is 13.8. The van der Waals surface area contributed by atoms with E-state index < -0.39 is 19.1 Å². The number of aliphatic hydroxyl groups is 1. The van der Waals surface area contributed by atoms with Crippen LogP contribution in [-0.4, -0.2) is 19.2 Å². The van der Waals surface area contributed by atoms with Crippen LogP contribution in [0.4, 0.5) is 0 Å². The number of aryl methyl sites for hydroxylation is 1. The number of aliphatic hydroxyl groups excluding tert-OH is 1. The van der Waals surface area contributed by atoms with E-state index in [1.54, 1.807) is 42.5 Å². The lowest BCUT2D eigenvalue weighted by Gasteiger charge is -2.12. The third-order valence-electron chi connectivity index (χ3n) is 3.96. The number of para-hydroxylation sites is 1. The van der Waals surface area contributed by atoms with Gasteiger partial charge < -0.3 is 9.67 Å².